The van der Waals surface area contributed by atoms with Crippen molar-refractivity contribution in [1.82, 2.24) is 4.98 Å². The Morgan fingerprint density at radius 2 is 1.73 bits per heavy atom. The number of pyridine rings is 1. The van der Waals surface area contributed by atoms with Gasteiger partial charge in [0, 0.05) is 6.20 Å². The maximum atomic E-state index is 13.6. The van der Waals surface area contributed by atoms with Gasteiger partial charge in [0.2, 0.25) is 0 Å². The molecule has 7 heteroatoms. The summed E-state index contributed by atoms with van der Waals surface area (Å²) in [7, 11) is 0. The molecule has 0 aliphatic carbocycles. The molecule has 1 aromatic heterocycles. The highest BCUT2D eigenvalue weighted by atomic mass is 19.1. The maximum Gasteiger partial charge on any atom is 0.337 e. The zero-order valence-corrected chi connectivity index (χ0v) is 13.2. The third kappa shape index (κ3) is 3.72. The molecule has 1 amide bonds. The van der Waals surface area contributed by atoms with E-state index in [1.807, 2.05) is 0 Å². The summed E-state index contributed by atoms with van der Waals surface area (Å²) < 4.78 is 27.1. The number of carboxylic acids is 1. The highest BCUT2D eigenvalue weighted by Crippen LogP contribution is 2.26. The fraction of sp³-hybridized carbons (Fsp3) is 0. The average molecular weight is 354 g/mol. The van der Waals surface area contributed by atoms with Crippen molar-refractivity contribution in [3.8, 4) is 11.1 Å². The molecule has 0 unspecified atom stereocenters. The quantitative estimate of drug-likeness (QED) is 0.743. The van der Waals surface area contributed by atoms with E-state index in [9.17, 15) is 18.4 Å². The van der Waals surface area contributed by atoms with Gasteiger partial charge in [0.15, 0.2) is 0 Å². The third-order valence-electron chi connectivity index (χ3n) is 3.61. The molecule has 3 rings (SSSR count). The summed E-state index contributed by atoms with van der Waals surface area (Å²) >= 11 is 0. The van der Waals surface area contributed by atoms with Gasteiger partial charge in [-0.15, -0.1) is 0 Å². The van der Waals surface area contributed by atoms with Gasteiger partial charge >= 0.3 is 5.97 Å². The van der Waals surface area contributed by atoms with Gasteiger partial charge in [-0.05, 0) is 47.5 Å². The van der Waals surface area contributed by atoms with Gasteiger partial charge in [-0.2, -0.15) is 0 Å². The van der Waals surface area contributed by atoms with Crippen LogP contribution in [0.15, 0.2) is 60.8 Å². The van der Waals surface area contributed by atoms with Crippen LogP contribution in [0.2, 0.25) is 0 Å². The van der Waals surface area contributed by atoms with Crippen LogP contribution in [0, 0.1) is 11.6 Å². The number of nitrogens with one attached hydrogen (secondary N) is 1. The first-order valence-electron chi connectivity index (χ1n) is 7.50. The van der Waals surface area contributed by atoms with E-state index < -0.39 is 23.5 Å². The first-order chi connectivity index (χ1) is 12.4. The average Bonchev–Trinajstić information content (AvgIpc) is 2.62. The van der Waals surface area contributed by atoms with E-state index in [0.29, 0.717) is 11.1 Å². The van der Waals surface area contributed by atoms with E-state index >= 15 is 0 Å². The molecule has 0 saturated heterocycles. The lowest BCUT2D eigenvalue weighted by Gasteiger charge is -2.11. The van der Waals surface area contributed by atoms with E-state index in [4.69, 9.17) is 5.11 Å². The maximum absolute atomic E-state index is 13.6. The van der Waals surface area contributed by atoms with Gasteiger partial charge in [0.1, 0.15) is 17.5 Å². The summed E-state index contributed by atoms with van der Waals surface area (Å²) in [5.41, 5.74) is 0.740. The van der Waals surface area contributed by atoms with Crippen LogP contribution >= 0.6 is 0 Å². The van der Waals surface area contributed by atoms with E-state index in [1.165, 1.54) is 42.5 Å². The largest absolute Gasteiger partial charge is 0.478 e. The molecule has 1 heterocycles. The molecule has 0 bridgehead atoms. The number of aromatic nitrogens is 1. The first-order valence-corrected chi connectivity index (χ1v) is 7.50. The molecule has 0 radical (unpaired) electrons. The van der Waals surface area contributed by atoms with E-state index in [0.717, 1.165) is 12.3 Å². The molecule has 26 heavy (non-hydrogen) atoms. The monoisotopic (exact) mass is 354 g/mol. The molecule has 2 N–H and O–H groups in total. The number of carbonyl (C=O) groups is 2. The van der Waals surface area contributed by atoms with Crippen LogP contribution in [0.25, 0.3) is 11.1 Å². The number of aromatic carboxylic acids is 1. The van der Waals surface area contributed by atoms with Gasteiger partial charge < -0.3 is 10.4 Å². The van der Waals surface area contributed by atoms with Gasteiger partial charge in [-0.3, -0.25) is 4.79 Å². The Hall–Kier alpha value is -3.61. The van der Waals surface area contributed by atoms with Crippen LogP contribution in [0.1, 0.15) is 20.7 Å². The molecule has 3 aromatic rings. The number of carboxylic acid groups (broad SMARTS) is 1. The Kier molecular flexibility index (Phi) is 4.70. The summed E-state index contributed by atoms with van der Waals surface area (Å²) in [6.45, 7) is 0. The van der Waals surface area contributed by atoms with Crippen molar-refractivity contribution in [1.29, 1.82) is 0 Å². The van der Waals surface area contributed by atoms with Crippen molar-refractivity contribution >= 4 is 17.7 Å². The Bertz CT molecular complexity index is 988. The van der Waals surface area contributed by atoms with Gasteiger partial charge in [0.05, 0.1) is 11.1 Å². The predicted octanol–water partition coefficient (Wildman–Crippen LogP) is 3.98. The number of hydrogen-bond acceptors (Lipinski definition) is 3. The molecule has 0 aliphatic rings. The molecule has 0 fully saturated rings. The van der Waals surface area contributed by atoms with Crippen molar-refractivity contribution < 1.29 is 23.5 Å². The Balaban J connectivity index is 1.94. The third-order valence-corrected chi connectivity index (χ3v) is 3.61. The summed E-state index contributed by atoms with van der Waals surface area (Å²) in [5, 5.41) is 11.3. The lowest BCUT2D eigenvalue weighted by molar-refractivity contribution is 0.0696. The number of rotatable bonds is 4. The molecule has 5 nitrogen and oxygen atoms in total. The van der Waals surface area contributed by atoms with Crippen molar-refractivity contribution in [3.05, 3.63) is 83.6 Å². The minimum Gasteiger partial charge on any atom is -0.478 e. The number of benzene rings is 2. The van der Waals surface area contributed by atoms with Crippen molar-refractivity contribution in [3.63, 3.8) is 0 Å². The number of hydrogen-bond donors (Lipinski definition) is 2. The summed E-state index contributed by atoms with van der Waals surface area (Å²) in [6.07, 6.45) is 1.09. The number of carbonyl (C=O) groups excluding carboxylic acids is 1. The number of nitrogens with zero attached hydrogens (tertiary/aromatic N) is 1. The second-order valence-electron chi connectivity index (χ2n) is 5.39. The van der Waals surface area contributed by atoms with Gasteiger partial charge in [-0.1, -0.05) is 18.2 Å². The zero-order chi connectivity index (χ0) is 18.7. The molecule has 0 spiro atoms. The number of amides is 1. The number of anilines is 1. The van der Waals surface area contributed by atoms with E-state index in [-0.39, 0.29) is 16.9 Å². The van der Waals surface area contributed by atoms with Crippen LogP contribution in [-0.2, 0) is 0 Å². The van der Waals surface area contributed by atoms with Crippen molar-refractivity contribution in [2.24, 2.45) is 0 Å². The molecule has 0 aliphatic heterocycles. The van der Waals surface area contributed by atoms with Crippen LogP contribution < -0.4 is 5.32 Å². The summed E-state index contributed by atoms with van der Waals surface area (Å²) in [4.78, 5) is 27.2. The van der Waals surface area contributed by atoms with E-state index in [2.05, 4.69) is 10.3 Å². The van der Waals surface area contributed by atoms with Gasteiger partial charge in [0.25, 0.3) is 5.91 Å². The fourth-order valence-electron chi connectivity index (χ4n) is 2.39. The standard InChI is InChI=1S/C19H12F2N2O3/c20-13-3-1-2-11(8-13)15-6-5-14(21)9-16(15)18(24)23-17-7-4-12(10-22-17)19(25)26/h1-10H,(H,25,26)(H,22,23,24). The second kappa shape index (κ2) is 7.10. The lowest BCUT2D eigenvalue weighted by atomic mass is 9.99. The molecular weight excluding hydrogens is 342 g/mol. The smallest absolute Gasteiger partial charge is 0.337 e. The second-order valence-corrected chi connectivity index (χ2v) is 5.39. The Morgan fingerprint density at radius 1 is 0.962 bits per heavy atom. The normalized spacial score (nSPS) is 10.4. The summed E-state index contributed by atoms with van der Waals surface area (Å²) in [5.74, 6) is -2.80. The number of halogens is 2. The molecular formula is C19H12F2N2O3. The van der Waals surface area contributed by atoms with Crippen molar-refractivity contribution in [2.75, 3.05) is 5.32 Å². The molecule has 0 atom stereocenters. The molecule has 2 aromatic carbocycles. The Morgan fingerprint density at radius 3 is 2.38 bits per heavy atom. The topological polar surface area (TPSA) is 79.3 Å². The molecule has 130 valence electrons. The van der Waals surface area contributed by atoms with Crippen LogP contribution in [0.5, 0.6) is 0 Å². The lowest BCUT2D eigenvalue weighted by Crippen LogP contribution is -2.15. The SMILES string of the molecule is O=C(O)c1ccc(NC(=O)c2cc(F)ccc2-c2cccc(F)c2)nc1. The van der Waals surface area contributed by atoms with Gasteiger partial charge in [-0.25, -0.2) is 18.6 Å². The zero-order valence-electron chi connectivity index (χ0n) is 13.2. The fourth-order valence-corrected chi connectivity index (χ4v) is 2.39. The Labute approximate surface area is 146 Å². The van der Waals surface area contributed by atoms with Crippen LogP contribution in [0.3, 0.4) is 0 Å². The van der Waals surface area contributed by atoms with Crippen LogP contribution in [-0.4, -0.2) is 22.0 Å². The highest BCUT2D eigenvalue weighted by molar-refractivity contribution is 6.08. The predicted molar refractivity (Wildman–Crippen MR) is 90.9 cm³/mol. The molecule has 0 saturated carbocycles. The minimum absolute atomic E-state index is 0.000267. The first kappa shape index (κ1) is 17.2. The summed E-state index contributed by atoms with van der Waals surface area (Å²) in [6, 6.07) is 11.8. The highest BCUT2D eigenvalue weighted by Gasteiger charge is 2.15. The van der Waals surface area contributed by atoms with Crippen LogP contribution in [0.4, 0.5) is 14.6 Å². The van der Waals surface area contributed by atoms with E-state index in [1.54, 1.807) is 6.07 Å². The minimum atomic E-state index is -1.14. The van der Waals surface area contributed by atoms with Crippen molar-refractivity contribution in [2.45, 2.75) is 0 Å².